The molecular weight excluding hydrogens is 480 g/mol. The number of carboxylic acid groups (broad SMARTS) is 1. The molecule has 4 amide bonds. The van der Waals surface area contributed by atoms with Crippen molar-refractivity contribution in [1.29, 1.82) is 0 Å². The van der Waals surface area contributed by atoms with Crippen LogP contribution < -0.4 is 24.4 Å². The Labute approximate surface area is 211 Å². The van der Waals surface area contributed by atoms with Crippen molar-refractivity contribution in [2.45, 2.75) is 6.61 Å². The van der Waals surface area contributed by atoms with E-state index in [4.69, 9.17) is 19.3 Å². The Morgan fingerprint density at radius 3 is 2.35 bits per heavy atom. The van der Waals surface area contributed by atoms with E-state index in [-0.39, 0.29) is 22.8 Å². The highest BCUT2D eigenvalue weighted by molar-refractivity contribution is 6.39. The first kappa shape index (κ1) is 25.0. The second kappa shape index (κ2) is 11.1. The zero-order valence-electron chi connectivity index (χ0n) is 19.7. The summed E-state index contributed by atoms with van der Waals surface area (Å²) in [5.41, 5.74) is 1.37. The summed E-state index contributed by atoms with van der Waals surface area (Å²) >= 11 is 0. The van der Waals surface area contributed by atoms with Crippen molar-refractivity contribution < 1.29 is 38.5 Å². The number of methoxy groups -OCH3 is 1. The number of carbonyl (C=O) groups excluding carboxylic acids is 3. The third kappa shape index (κ3) is 5.93. The number of ether oxygens (including phenoxy) is 3. The van der Waals surface area contributed by atoms with Crippen LogP contribution in [0.15, 0.2) is 78.4 Å². The Balaban J connectivity index is 1.53. The van der Waals surface area contributed by atoms with Crippen LogP contribution in [0.4, 0.5) is 10.5 Å². The number of nitrogens with one attached hydrogen (secondary N) is 1. The molecule has 1 aliphatic heterocycles. The number of imide groups is 2. The van der Waals surface area contributed by atoms with E-state index in [9.17, 15) is 19.2 Å². The van der Waals surface area contributed by atoms with Gasteiger partial charge in [-0.05, 0) is 53.6 Å². The van der Waals surface area contributed by atoms with E-state index in [0.29, 0.717) is 17.9 Å². The molecule has 3 aromatic rings. The number of anilines is 1. The van der Waals surface area contributed by atoms with Crippen molar-refractivity contribution in [1.82, 2.24) is 5.32 Å². The fourth-order valence-corrected chi connectivity index (χ4v) is 3.52. The van der Waals surface area contributed by atoms with Crippen LogP contribution in [0.2, 0.25) is 0 Å². The highest BCUT2D eigenvalue weighted by Gasteiger charge is 2.36. The van der Waals surface area contributed by atoms with Gasteiger partial charge in [0.1, 0.15) is 17.9 Å². The summed E-state index contributed by atoms with van der Waals surface area (Å²) in [7, 11) is 1.37. The van der Waals surface area contributed by atoms with E-state index in [1.165, 1.54) is 31.4 Å². The number of carboxylic acids is 1. The van der Waals surface area contributed by atoms with Crippen LogP contribution in [0.5, 0.6) is 17.2 Å². The molecule has 1 heterocycles. The maximum absolute atomic E-state index is 13.2. The monoisotopic (exact) mass is 502 g/mol. The van der Waals surface area contributed by atoms with Gasteiger partial charge in [-0.15, -0.1) is 0 Å². The summed E-state index contributed by atoms with van der Waals surface area (Å²) in [4.78, 5) is 49.8. The summed E-state index contributed by atoms with van der Waals surface area (Å²) in [6, 6.07) is 19.5. The van der Waals surface area contributed by atoms with Gasteiger partial charge in [0, 0.05) is 0 Å². The molecule has 0 bridgehead atoms. The van der Waals surface area contributed by atoms with Crippen molar-refractivity contribution in [2.75, 3.05) is 18.6 Å². The van der Waals surface area contributed by atoms with E-state index in [1.807, 2.05) is 30.3 Å². The Morgan fingerprint density at radius 2 is 1.68 bits per heavy atom. The molecule has 0 saturated carbocycles. The molecule has 10 nitrogen and oxygen atoms in total. The van der Waals surface area contributed by atoms with Crippen molar-refractivity contribution >= 4 is 35.6 Å². The van der Waals surface area contributed by atoms with Crippen LogP contribution in [0.3, 0.4) is 0 Å². The number of nitrogens with zero attached hydrogens (tertiary/aromatic N) is 1. The Bertz CT molecular complexity index is 1370. The van der Waals surface area contributed by atoms with E-state index in [1.54, 1.807) is 24.3 Å². The molecule has 0 radical (unpaired) electrons. The number of carbonyl (C=O) groups is 4. The molecule has 0 spiro atoms. The third-order valence-corrected chi connectivity index (χ3v) is 5.29. The average Bonchev–Trinajstić information content (AvgIpc) is 2.90. The fraction of sp³-hybridized carbons (Fsp3) is 0.111. The SMILES string of the molecule is COc1cc(/C=C2\C(=O)NC(=O)N(c3ccc(OCc4ccccc4)cc3)C2=O)ccc1OCC(=O)O. The van der Waals surface area contributed by atoms with Crippen LogP contribution in [-0.4, -0.2) is 42.6 Å². The molecule has 0 aromatic heterocycles. The number of urea groups is 1. The molecule has 0 unspecified atom stereocenters. The molecule has 188 valence electrons. The van der Waals surface area contributed by atoms with E-state index in [0.717, 1.165) is 10.5 Å². The number of barbiturate groups is 1. The lowest BCUT2D eigenvalue weighted by Gasteiger charge is -2.26. The molecule has 1 aliphatic rings. The molecule has 0 aliphatic carbocycles. The zero-order valence-corrected chi connectivity index (χ0v) is 19.7. The van der Waals surface area contributed by atoms with Crippen LogP contribution in [0.25, 0.3) is 6.08 Å². The minimum atomic E-state index is -1.15. The standard InChI is InChI=1S/C27H22N2O8/c1-35-23-14-18(7-12-22(23)37-16-24(30)31)13-21-25(32)28-27(34)29(26(21)33)19-8-10-20(11-9-19)36-15-17-5-3-2-4-6-17/h2-14H,15-16H2,1H3,(H,30,31)(H,28,32,34)/b21-13+. The second-order valence-electron chi connectivity index (χ2n) is 7.82. The molecular formula is C27H22N2O8. The predicted molar refractivity (Wildman–Crippen MR) is 132 cm³/mol. The first-order chi connectivity index (χ1) is 17.9. The number of rotatable bonds is 9. The van der Waals surface area contributed by atoms with Crippen LogP contribution >= 0.6 is 0 Å². The van der Waals surface area contributed by atoms with Gasteiger partial charge >= 0.3 is 12.0 Å². The Kier molecular flexibility index (Phi) is 7.48. The number of hydrogen-bond donors (Lipinski definition) is 2. The lowest BCUT2D eigenvalue weighted by atomic mass is 10.1. The van der Waals surface area contributed by atoms with Gasteiger partial charge in [0.2, 0.25) is 0 Å². The molecule has 2 N–H and O–H groups in total. The minimum Gasteiger partial charge on any atom is -0.493 e. The largest absolute Gasteiger partial charge is 0.493 e. The summed E-state index contributed by atoms with van der Waals surface area (Å²) < 4.78 is 16.1. The number of hydrogen-bond acceptors (Lipinski definition) is 7. The van der Waals surface area contributed by atoms with E-state index in [2.05, 4.69) is 5.32 Å². The van der Waals surface area contributed by atoms with E-state index >= 15 is 0 Å². The third-order valence-electron chi connectivity index (χ3n) is 5.29. The molecule has 3 aromatic carbocycles. The first-order valence-electron chi connectivity index (χ1n) is 11.1. The van der Waals surface area contributed by atoms with Gasteiger partial charge in [0.05, 0.1) is 12.8 Å². The zero-order chi connectivity index (χ0) is 26.4. The summed E-state index contributed by atoms with van der Waals surface area (Å²) in [6.45, 7) is -0.209. The van der Waals surface area contributed by atoms with E-state index < -0.39 is 30.4 Å². The van der Waals surface area contributed by atoms with Gasteiger partial charge in [0.25, 0.3) is 11.8 Å². The molecule has 0 atom stereocenters. The molecule has 10 heteroatoms. The van der Waals surface area contributed by atoms with Gasteiger partial charge in [0.15, 0.2) is 18.1 Å². The molecule has 37 heavy (non-hydrogen) atoms. The highest BCUT2D eigenvalue weighted by atomic mass is 16.5. The maximum Gasteiger partial charge on any atom is 0.341 e. The number of benzene rings is 3. The van der Waals surface area contributed by atoms with Crippen molar-refractivity contribution in [3.8, 4) is 17.2 Å². The Hall–Kier alpha value is -5.12. The molecule has 4 rings (SSSR count). The van der Waals surface area contributed by atoms with Gasteiger partial charge in [-0.1, -0.05) is 36.4 Å². The van der Waals surface area contributed by atoms with Gasteiger partial charge in [-0.25, -0.2) is 14.5 Å². The summed E-state index contributed by atoms with van der Waals surface area (Å²) in [5, 5.41) is 11.0. The van der Waals surface area contributed by atoms with Crippen LogP contribution in [0, 0.1) is 0 Å². The topological polar surface area (TPSA) is 131 Å². The number of amides is 4. The molecule has 1 fully saturated rings. The van der Waals surface area contributed by atoms with Gasteiger partial charge < -0.3 is 19.3 Å². The van der Waals surface area contributed by atoms with Gasteiger partial charge in [-0.3, -0.25) is 14.9 Å². The van der Waals surface area contributed by atoms with Crippen molar-refractivity contribution in [3.63, 3.8) is 0 Å². The quantitative estimate of drug-likeness (QED) is 0.336. The lowest BCUT2D eigenvalue weighted by molar-refractivity contribution is -0.139. The highest BCUT2D eigenvalue weighted by Crippen LogP contribution is 2.30. The number of aliphatic carboxylic acids is 1. The molecule has 1 saturated heterocycles. The smallest absolute Gasteiger partial charge is 0.341 e. The maximum atomic E-state index is 13.2. The van der Waals surface area contributed by atoms with Crippen LogP contribution in [0.1, 0.15) is 11.1 Å². The lowest BCUT2D eigenvalue weighted by Crippen LogP contribution is -2.54. The summed E-state index contributed by atoms with van der Waals surface area (Å²) in [5.74, 6) is -1.88. The minimum absolute atomic E-state index is 0.179. The van der Waals surface area contributed by atoms with Crippen molar-refractivity contribution in [2.24, 2.45) is 0 Å². The second-order valence-corrected chi connectivity index (χ2v) is 7.82. The van der Waals surface area contributed by atoms with Crippen LogP contribution in [-0.2, 0) is 21.0 Å². The summed E-state index contributed by atoms with van der Waals surface area (Å²) in [6.07, 6.45) is 1.30. The van der Waals surface area contributed by atoms with Gasteiger partial charge in [-0.2, -0.15) is 0 Å². The fourth-order valence-electron chi connectivity index (χ4n) is 3.52. The Morgan fingerprint density at radius 1 is 0.946 bits per heavy atom. The average molecular weight is 502 g/mol. The normalized spacial score (nSPS) is 14.4. The van der Waals surface area contributed by atoms with Crippen molar-refractivity contribution in [3.05, 3.63) is 89.5 Å². The first-order valence-corrected chi connectivity index (χ1v) is 11.1. The predicted octanol–water partition coefficient (Wildman–Crippen LogP) is 3.40.